The molecule has 7 nitrogen and oxygen atoms in total. The summed E-state index contributed by atoms with van der Waals surface area (Å²) in [5, 5.41) is 9.92. The van der Waals surface area contributed by atoms with E-state index in [4.69, 9.17) is 18.9 Å². The van der Waals surface area contributed by atoms with Crippen molar-refractivity contribution in [2.24, 2.45) is 0 Å². The fourth-order valence-corrected chi connectivity index (χ4v) is 4.69. The van der Waals surface area contributed by atoms with Gasteiger partial charge in [0.05, 0.1) is 14.2 Å². The Hall–Kier alpha value is -2.93. The summed E-state index contributed by atoms with van der Waals surface area (Å²) in [5.41, 5.74) is 4.16. The molecular formula is C21H21NO6. The number of benzene rings is 2. The van der Waals surface area contributed by atoms with Crippen LogP contribution in [0.3, 0.4) is 0 Å². The maximum atomic E-state index is 12.1. The number of carboxylic acids is 1. The molecule has 2 unspecified atom stereocenters. The van der Waals surface area contributed by atoms with Crippen molar-refractivity contribution in [1.29, 1.82) is 0 Å². The number of hydrogen-bond donors (Lipinski definition) is 1. The van der Waals surface area contributed by atoms with Crippen molar-refractivity contribution in [3.05, 3.63) is 46.5 Å². The summed E-state index contributed by atoms with van der Waals surface area (Å²) in [7, 11) is 3.29. The minimum Gasteiger partial charge on any atom is -0.496 e. The molecular weight excluding hydrogens is 362 g/mol. The van der Waals surface area contributed by atoms with Gasteiger partial charge in [-0.15, -0.1) is 0 Å². The summed E-state index contributed by atoms with van der Waals surface area (Å²) in [6.07, 6.45) is 1.07. The molecule has 0 fully saturated rings. The molecule has 3 aliphatic rings. The molecule has 146 valence electrons. The largest absolute Gasteiger partial charge is 0.496 e. The summed E-state index contributed by atoms with van der Waals surface area (Å²) in [5.74, 6) is 2.14. The molecule has 3 heterocycles. The van der Waals surface area contributed by atoms with Gasteiger partial charge in [0.1, 0.15) is 17.5 Å². The molecule has 0 saturated carbocycles. The molecule has 0 amide bonds. The zero-order chi connectivity index (χ0) is 19.4. The molecule has 7 heteroatoms. The molecule has 0 radical (unpaired) electrons. The van der Waals surface area contributed by atoms with Gasteiger partial charge in [-0.25, -0.2) is 0 Å². The Morgan fingerprint density at radius 1 is 1.07 bits per heavy atom. The van der Waals surface area contributed by atoms with Crippen molar-refractivity contribution in [2.45, 2.75) is 31.5 Å². The normalized spacial score (nSPS) is 22.1. The summed E-state index contributed by atoms with van der Waals surface area (Å²) in [6.45, 7) is 0.689. The lowest BCUT2D eigenvalue weighted by Crippen LogP contribution is -2.50. The Labute approximate surface area is 162 Å². The Morgan fingerprint density at radius 2 is 1.75 bits per heavy atom. The van der Waals surface area contributed by atoms with Crippen LogP contribution in [0, 0.1) is 0 Å². The van der Waals surface area contributed by atoms with E-state index in [1.807, 2.05) is 24.3 Å². The van der Waals surface area contributed by atoms with Crippen LogP contribution in [0.5, 0.6) is 23.0 Å². The average Bonchev–Trinajstić information content (AvgIpc) is 3.16. The summed E-state index contributed by atoms with van der Waals surface area (Å²) < 4.78 is 22.2. The van der Waals surface area contributed by atoms with Gasteiger partial charge >= 0.3 is 5.97 Å². The van der Waals surface area contributed by atoms with Crippen molar-refractivity contribution in [3.63, 3.8) is 0 Å². The minimum absolute atomic E-state index is 0.0761. The number of aliphatic carboxylic acids is 1. The van der Waals surface area contributed by atoms with Crippen molar-refractivity contribution in [1.82, 2.24) is 4.90 Å². The molecule has 3 aliphatic heterocycles. The fourth-order valence-electron chi connectivity index (χ4n) is 4.69. The van der Waals surface area contributed by atoms with E-state index in [-0.39, 0.29) is 12.8 Å². The first kappa shape index (κ1) is 17.2. The van der Waals surface area contributed by atoms with Gasteiger partial charge in [-0.1, -0.05) is 0 Å². The second-order valence-electron chi connectivity index (χ2n) is 7.28. The van der Waals surface area contributed by atoms with Gasteiger partial charge in [-0.3, -0.25) is 9.69 Å². The molecule has 0 aromatic heterocycles. The lowest BCUT2D eigenvalue weighted by Gasteiger charge is -2.45. The first-order valence-corrected chi connectivity index (χ1v) is 9.24. The van der Waals surface area contributed by atoms with Crippen LogP contribution in [0.4, 0.5) is 0 Å². The molecule has 2 aromatic carbocycles. The standard InChI is InChI=1S/C21H21NO6/c1-25-17-3-4-18(26-2)14-9-22-15(7-13(14)17)12-8-20-19(27-10-28-20)6-11(12)5-16(22)21(23)24/h3-4,6,8,15-16H,5,7,9-10H2,1-2H3,(H,23,24). The average molecular weight is 383 g/mol. The highest BCUT2D eigenvalue weighted by molar-refractivity contribution is 5.75. The number of hydrogen-bond acceptors (Lipinski definition) is 6. The lowest BCUT2D eigenvalue weighted by atomic mass is 9.80. The Balaban J connectivity index is 1.67. The van der Waals surface area contributed by atoms with Gasteiger partial charge in [-0.05, 0) is 48.2 Å². The second-order valence-corrected chi connectivity index (χ2v) is 7.28. The van der Waals surface area contributed by atoms with Crippen LogP contribution in [-0.4, -0.2) is 43.0 Å². The van der Waals surface area contributed by atoms with E-state index < -0.39 is 12.0 Å². The monoisotopic (exact) mass is 383 g/mol. The number of nitrogens with zero attached hydrogens (tertiary/aromatic N) is 1. The van der Waals surface area contributed by atoms with E-state index in [1.165, 1.54) is 0 Å². The number of ether oxygens (including phenoxy) is 4. The second kappa shape index (κ2) is 6.31. The third kappa shape index (κ3) is 2.43. The summed E-state index contributed by atoms with van der Waals surface area (Å²) in [6, 6.07) is 7.04. The van der Waals surface area contributed by atoms with Gasteiger partial charge in [0.15, 0.2) is 11.5 Å². The zero-order valence-electron chi connectivity index (χ0n) is 15.7. The van der Waals surface area contributed by atoms with E-state index in [2.05, 4.69) is 4.90 Å². The first-order valence-electron chi connectivity index (χ1n) is 9.24. The van der Waals surface area contributed by atoms with Crippen LogP contribution < -0.4 is 18.9 Å². The van der Waals surface area contributed by atoms with E-state index in [0.717, 1.165) is 39.5 Å². The summed E-state index contributed by atoms with van der Waals surface area (Å²) in [4.78, 5) is 14.1. The van der Waals surface area contributed by atoms with Crippen LogP contribution in [0.15, 0.2) is 24.3 Å². The summed E-state index contributed by atoms with van der Waals surface area (Å²) >= 11 is 0. The third-order valence-corrected chi connectivity index (χ3v) is 6.02. The van der Waals surface area contributed by atoms with Crippen LogP contribution in [0.2, 0.25) is 0 Å². The maximum absolute atomic E-state index is 12.1. The number of fused-ring (bicyclic) bond motifs is 5. The number of carboxylic acid groups (broad SMARTS) is 1. The number of carbonyl (C=O) groups is 1. The predicted octanol–water partition coefficient (Wildman–Crippen LogP) is 2.54. The lowest BCUT2D eigenvalue weighted by molar-refractivity contribution is -0.145. The Morgan fingerprint density at radius 3 is 2.43 bits per heavy atom. The van der Waals surface area contributed by atoms with Gasteiger partial charge in [-0.2, -0.15) is 0 Å². The van der Waals surface area contributed by atoms with Crippen LogP contribution in [-0.2, 0) is 24.2 Å². The predicted molar refractivity (Wildman–Crippen MR) is 99.2 cm³/mol. The van der Waals surface area contributed by atoms with Crippen molar-refractivity contribution >= 4 is 5.97 Å². The third-order valence-electron chi connectivity index (χ3n) is 6.02. The molecule has 28 heavy (non-hydrogen) atoms. The van der Waals surface area contributed by atoms with Crippen LogP contribution >= 0.6 is 0 Å². The molecule has 5 rings (SSSR count). The minimum atomic E-state index is -0.821. The van der Waals surface area contributed by atoms with Gasteiger partial charge in [0, 0.05) is 23.7 Å². The highest BCUT2D eigenvalue weighted by atomic mass is 16.7. The van der Waals surface area contributed by atoms with E-state index in [9.17, 15) is 9.90 Å². The molecule has 0 spiro atoms. The van der Waals surface area contributed by atoms with Gasteiger partial charge < -0.3 is 24.1 Å². The smallest absolute Gasteiger partial charge is 0.321 e. The molecule has 0 bridgehead atoms. The highest BCUT2D eigenvalue weighted by Gasteiger charge is 2.43. The fraction of sp³-hybridized carbons (Fsp3) is 0.381. The van der Waals surface area contributed by atoms with E-state index in [0.29, 0.717) is 25.1 Å². The quantitative estimate of drug-likeness (QED) is 0.873. The van der Waals surface area contributed by atoms with Crippen LogP contribution in [0.1, 0.15) is 28.3 Å². The first-order chi connectivity index (χ1) is 13.6. The molecule has 0 aliphatic carbocycles. The van der Waals surface area contributed by atoms with Gasteiger partial charge in [0.2, 0.25) is 6.79 Å². The number of rotatable bonds is 3. The topological polar surface area (TPSA) is 77.5 Å². The highest BCUT2D eigenvalue weighted by Crippen LogP contribution is 2.48. The van der Waals surface area contributed by atoms with Crippen molar-refractivity contribution in [2.75, 3.05) is 21.0 Å². The molecule has 2 aromatic rings. The van der Waals surface area contributed by atoms with Crippen molar-refractivity contribution < 1.29 is 28.8 Å². The Bertz CT molecular complexity index is 972. The van der Waals surface area contributed by atoms with E-state index in [1.54, 1.807) is 14.2 Å². The molecule has 1 N–H and O–H groups in total. The van der Waals surface area contributed by atoms with Crippen LogP contribution in [0.25, 0.3) is 0 Å². The maximum Gasteiger partial charge on any atom is 0.321 e. The zero-order valence-corrected chi connectivity index (χ0v) is 15.7. The van der Waals surface area contributed by atoms with E-state index >= 15 is 0 Å². The number of methoxy groups -OCH3 is 2. The SMILES string of the molecule is COc1ccc(OC)c2c1CC1c3cc4c(cc3CC(C(=O)O)N1C2)OCO4. The van der Waals surface area contributed by atoms with Crippen molar-refractivity contribution in [3.8, 4) is 23.0 Å². The molecule has 2 atom stereocenters. The Kier molecular flexibility index (Phi) is 3.87. The molecule has 0 saturated heterocycles. The van der Waals surface area contributed by atoms with Gasteiger partial charge in [0.25, 0.3) is 0 Å².